The Morgan fingerprint density at radius 2 is 1.95 bits per heavy atom. The number of aromatic nitrogens is 1. The van der Waals surface area contributed by atoms with Crippen molar-refractivity contribution in [2.75, 3.05) is 5.32 Å². The number of hydrogen-bond donors (Lipinski definition) is 1. The Kier molecular flexibility index (Phi) is 3.71. The van der Waals surface area contributed by atoms with Gasteiger partial charge in [-0.25, -0.2) is 4.39 Å². The van der Waals surface area contributed by atoms with Crippen molar-refractivity contribution in [1.82, 2.24) is 5.16 Å². The number of carbonyl (C=O) groups is 1. The van der Waals surface area contributed by atoms with Gasteiger partial charge in [-0.15, -0.1) is 0 Å². The van der Waals surface area contributed by atoms with Gasteiger partial charge in [0.1, 0.15) is 5.82 Å². The molecule has 0 saturated carbocycles. The van der Waals surface area contributed by atoms with E-state index >= 15 is 0 Å². The van der Waals surface area contributed by atoms with E-state index in [1.165, 1.54) is 0 Å². The number of rotatable bonds is 2. The number of halogens is 4. The minimum absolute atomic E-state index is 0.0330. The molecule has 1 aromatic carbocycles. The predicted octanol–water partition coefficient (Wildman–Crippen LogP) is 3.70. The van der Waals surface area contributed by atoms with E-state index in [1.807, 2.05) is 0 Å². The van der Waals surface area contributed by atoms with Crippen LogP contribution < -0.4 is 5.32 Å². The highest BCUT2D eigenvalue weighted by Gasteiger charge is 2.32. The zero-order valence-electron chi connectivity index (χ0n) is 11.0. The number of amides is 1. The van der Waals surface area contributed by atoms with E-state index in [1.54, 1.807) is 13.8 Å². The van der Waals surface area contributed by atoms with Crippen LogP contribution in [0.1, 0.15) is 27.2 Å². The molecule has 8 heteroatoms. The maximum atomic E-state index is 13.5. The van der Waals surface area contributed by atoms with E-state index in [-0.39, 0.29) is 5.88 Å². The number of carbonyl (C=O) groups excluding carboxylic acids is 1. The molecule has 0 aliphatic carbocycles. The van der Waals surface area contributed by atoms with E-state index < -0.39 is 29.0 Å². The van der Waals surface area contributed by atoms with Crippen molar-refractivity contribution in [2.45, 2.75) is 20.0 Å². The molecule has 0 spiro atoms. The maximum Gasteiger partial charge on any atom is 0.416 e. The van der Waals surface area contributed by atoms with E-state index in [4.69, 9.17) is 4.52 Å². The molecule has 0 saturated heterocycles. The van der Waals surface area contributed by atoms with E-state index in [2.05, 4.69) is 10.5 Å². The summed E-state index contributed by atoms with van der Waals surface area (Å²) in [5, 5.41) is 5.77. The lowest BCUT2D eigenvalue weighted by molar-refractivity contribution is -0.137. The molecule has 1 aromatic heterocycles. The number of nitrogens with zero attached hydrogens (tertiary/aromatic N) is 1. The molecular formula is C13H10F4N2O2. The third kappa shape index (κ3) is 3.04. The number of hydrogen-bond acceptors (Lipinski definition) is 3. The van der Waals surface area contributed by atoms with Crippen LogP contribution in [0.3, 0.4) is 0 Å². The Hall–Kier alpha value is -2.38. The third-order valence-electron chi connectivity index (χ3n) is 2.92. The lowest BCUT2D eigenvalue weighted by Gasteiger charge is -2.09. The van der Waals surface area contributed by atoms with Gasteiger partial charge in [0.05, 0.1) is 16.8 Å². The average molecular weight is 302 g/mol. The Bertz CT molecular complexity index is 692. The van der Waals surface area contributed by atoms with Crippen molar-refractivity contribution in [3.63, 3.8) is 0 Å². The highest BCUT2D eigenvalue weighted by Crippen LogP contribution is 2.30. The molecule has 0 fully saturated rings. The number of alkyl halides is 3. The van der Waals surface area contributed by atoms with E-state index in [9.17, 15) is 22.4 Å². The normalized spacial score (nSPS) is 11.5. The van der Waals surface area contributed by atoms with Crippen molar-refractivity contribution in [2.24, 2.45) is 0 Å². The van der Waals surface area contributed by atoms with Gasteiger partial charge in [0.25, 0.3) is 5.91 Å². The van der Waals surface area contributed by atoms with Gasteiger partial charge in [0.2, 0.25) is 5.88 Å². The summed E-state index contributed by atoms with van der Waals surface area (Å²) in [6.45, 7) is 3.23. The molecule has 112 valence electrons. The van der Waals surface area contributed by atoms with Gasteiger partial charge < -0.3 is 4.52 Å². The smallest absolute Gasteiger partial charge is 0.338 e. The lowest BCUT2D eigenvalue weighted by atomic mass is 10.1. The molecule has 0 aliphatic heterocycles. The van der Waals surface area contributed by atoms with Crippen LogP contribution in [0.5, 0.6) is 0 Å². The third-order valence-corrected chi connectivity index (χ3v) is 2.92. The standard InChI is InChI=1S/C13H10F4N2O2/c1-6-7(2)19-21-12(6)18-11(20)9-5-8(13(15,16)17)3-4-10(9)14/h3-5H,1-2H3,(H,18,20). The van der Waals surface area contributed by atoms with Gasteiger partial charge in [0.15, 0.2) is 0 Å². The first-order valence-electron chi connectivity index (χ1n) is 5.81. The fourth-order valence-electron chi connectivity index (χ4n) is 1.58. The number of anilines is 1. The second-order valence-corrected chi connectivity index (χ2v) is 4.37. The second-order valence-electron chi connectivity index (χ2n) is 4.37. The summed E-state index contributed by atoms with van der Waals surface area (Å²) in [4.78, 5) is 11.9. The maximum absolute atomic E-state index is 13.5. The highest BCUT2D eigenvalue weighted by molar-refractivity contribution is 6.04. The first-order valence-corrected chi connectivity index (χ1v) is 5.81. The van der Waals surface area contributed by atoms with Crippen LogP contribution in [-0.4, -0.2) is 11.1 Å². The zero-order chi connectivity index (χ0) is 15.8. The minimum atomic E-state index is -4.67. The fourth-order valence-corrected chi connectivity index (χ4v) is 1.58. The van der Waals surface area contributed by atoms with Crippen molar-refractivity contribution in [1.29, 1.82) is 0 Å². The summed E-state index contributed by atoms with van der Waals surface area (Å²) in [6.07, 6.45) is -4.67. The first kappa shape index (κ1) is 15.0. The van der Waals surface area contributed by atoms with Crippen LogP contribution in [-0.2, 0) is 6.18 Å². The van der Waals surface area contributed by atoms with Crippen molar-refractivity contribution >= 4 is 11.8 Å². The molecule has 1 heterocycles. The van der Waals surface area contributed by atoms with Gasteiger partial charge in [-0.2, -0.15) is 13.2 Å². The Balaban J connectivity index is 2.33. The fraction of sp³-hybridized carbons (Fsp3) is 0.231. The summed E-state index contributed by atoms with van der Waals surface area (Å²) in [7, 11) is 0. The Morgan fingerprint density at radius 1 is 1.29 bits per heavy atom. The van der Waals surface area contributed by atoms with E-state index in [0.717, 1.165) is 0 Å². The molecule has 2 rings (SSSR count). The summed E-state index contributed by atoms with van der Waals surface area (Å²) in [5.74, 6) is -2.14. The molecule has 4 nitrogen and oxygen atoms in total. The van der Waals surface area contributed by atoms with E-state index in [0.29, 0.717) is 29.5 Å². The monoisotopic (exact) mass is 302 g/mol. The molecule has 21 heavy (non-hydrogen) atoms. The molecule has 0 unspecified atom stereocenters. The number of benzene rings is 1. The SMILES string of the molecule is Cc1noc(NC(=O)c2cc(C(F)(F)F)ccc2F)c1C. The van der Waals surface area contributed by atoms with Crippen LogP contribution in [0, 0.1) is 19.7 Å². The largest absolute Gasteiger partial charge is 0.416 e. The van der Waals surface area contributed by atoms with Gasteiger partial charge in [-0.05, 0) is 32.0 Å². The summed E-state index contributed by atoms with van der Waals surface area (Å²) < 4.78 is 56.1. The number of nitrogens with one attached hydrogen (secondary N) is 1. The Labute approximate surface area is 116 Å². The minimum Gasteiger partial charge on any atom is -0.338 e. The molecule has 1 amide bonds. The molecule has 0 radical (unpaired) electrons. The molecule has 2 aromatic rings. The van der Waals surface area contributed by atoms with Crippen LogP contribution in [0.4, 0.5) is 23.4 Å². The van der Waals surface area contributed by atoms with Crippen molar-refractivity contribution < 1.29 is 26.9 Å². The molecular weight excluding hydrogens is 292 g/mol. The van der Waals surface area contributed by atoms with Crippen LogP contribution >= 0.6 is 0 Å². The summed E-state index contributed by atoms with van der Waals surface area (Å²) in [6, 6.07) is 1.61. The Morgan fingerprint density at radius 3 is 2.48 bits per heavy atom. The molecule has 0 bridgehead atoms. The summed E-state index contributed by atoms with van der Waals surface area (Å²) >= 11 is 0. The van der Waals surface area contributed by atoms with Crippen LogP contribution in [0.25, 0.3) is 0 Å². The predicted molar refractivity (Wildman–Crippen MR) is 65.3 cm³/mol. The van der Waals surface area contributed by atoms with Crippen molar-refractivity contribution in [3.8, 4) is 0 Å². The first-order chi connectivity index (χ1) is 9.70. The number of aryl methyl sites for hydroxylation is 1. The van der Waals surface area contributed by atoms with Gasteiger partial charge in [0, 0.05) is 5.56 Å². The molecule has 0 atom stereocenters. The van der Waals surface area contributed by atoms with Crippen LogP contribution in [0.2, 0.25) is 0 Å². The summed E-state index contributed by atoms with van der Waals surface area (Å²) in [5.41, 5.74) is -0.816. The second kappa shape index (κ2) is 5.19. The zero-order valence-corrected chi connectivity index (χ0v) is 11.0. The van der Waals surface area contributed by atoms with Gasteiger partial charge >= 0.3 is 6.18 Å². The topological polar surface area (TPSA) is 55.1 Å². The van der Waals surface area contributed by atoms with Crippen LogP contribution in [0.15, 0.2) is 22.7 Å². The molecule has 1 N–H and O–H groups in total. The lowest BCUT2D eigenvalue weighted by Crippen LogP contribution is -2.16. The quantitative estimate of drug-likeness (QED) is 0.861. The van der Waals surface area contributed by atoms with Gasteiger partial charge in [-0.1, -0.05) is 5.16 Å². The highest BCUT2D eigenvalue weighted by atomic mass is 19.4. The average Bonchev–Trinajstić information content (AvgIpc) is 2.69. The molecule has 0 aliphatic rings. The van der Waals surface area contributed by atoms with Gasteiger partial charge in [-0.3, -0.25) is 10.1 Å². The van der Waals surface area contributed by atoms with Crippen molar-refractivity contribution in [3.05, 3.63) is 46.4 Å².